The third-order valence-electron chi connectivity index (χ3n) is 4.31. The van der Waals surface area contributed by atoms with Gasteiger partial charge in [0.1, 0.15) is 0 Å². The van der Waals surface area contributed by atoms with E-state index in [1.807, 2.05) is 30.3 Å². The van der Waals surface area contributed by atoms with Crippen LogP contribution in [-0.2, 0) is 4.74 Å². The van der Waals surface area contributed by atoms with E-state index in [4.69, 9.17) is 4.74 Å². The summed E-state index contributed by atoms with van der Waals surface area (Å²) in [7, 11) is 0. The van der Waals surface area contributed by atoms with Crippen molar-refractivity contribution in [3.8, 4) is 0 Å². The lowest BCUT2D eigenvalue weighted by Gasteiger charge is -2.26. The molecule has 1 aromatic rings. The van der Waals surface area contributed by atoms with Crippen LogP contribution in [0.1, 0.15) is 37.4 Å². The smallest absolute Gasteiger partial charge is 0.317 e. The molecule has 1 aliphatic carbocycles. The zero-order chi connectivity index (χ0) is 15.4. The Balaban J connectivity index is 1.54. The van der Waals surface area contributed by atoms with Crippen molar-refractivity contribution in [3.05, 3.63) is 35.9 Å². The van der Waals surface area contributed by atoms with Crippen molar-refractivity contribution < 1.29 is 14.6 Å². The van der Waals surface area contributed by atoms with E-state index in [1.165, 1.54) is 0 Å². The second-order valence-corrected chi connectivity index (χ2v) is 6.13. The summed E-state index contributed by atoms with van der Waals surface area (Å²) >= 11 is 0. The molecule has 0 bridgehead atoms. The van der Waals surface area contributed by atoms with Gasteiger partial charge < -0.3 is 20.1 Å². The average molecular weight is 304 g/mol. The zero-order valence-electron chi connectivity index (χ0n) is 12.8. The van der Waals surface area contributed by atoms with Crippen molar-refractivity contribution in [3.63, 3.8) is 0 Å². The minimum absolute atomic E-state index is 0.0898. The quantitative estimate of drug-likeness (QED) is 0.846. The van der Waals surface area contributed by atoms with Gasteiger partial charge in [-0.05, 0) is 31.2 Å². The number of carbonyl (C=O) groups excluding carboxylic acids is 1. The molecule has 5 heteroatoms. The van der Waals surface area contributed by atoms with Gasteiger partial charge in [-0.3, -0.25) is 0 Å². The Hall–Kier alpha value is -1.59. The molecule has 2 aliphatic rings. The first-order valence-corrected chi connectivity index (χ1v) is 8.13. The van der Waals surface area contributed by atoms with Crippen LogP contribution < -0.4 is 5.32 Å². The van der Waals surface area contributed by atoms with Gasteiger partial charge >= 0.3 is 6.03 Å². The number of aliphatic hydroxyl groups excluding tert-OH is 1. The lowest BCUT2D eigenvalue weighted by atomic mass is 10.1. The van der Waals surface area contributed by atoms with E-state index in [0.29, 0.717) is 13.1 Å². The highest BCUT2D eigenvalue weighted by atomic mass is 16.5. The number of benzene rings is 1. The number of carbonyl (C=O) groups is 1. The highest BCUT2D eigenvalue weighted by Crippen LogP contribution is 2.29. The summed E-state index contributed by atoms with van der Waals surface area (Å²) in [5.41, 5.74) is 0.847. The van der Waals surface area contributed by atoms with E-state index < -0.39 is 6.10 Å². The molecule has 2 N–H and O–H groups in total. The van der Waals surface area contributed by atoms with E-state index in [2.05, 4.69) is 5.32 Å². The predicted molar refractivity (Wildman–Crippen MR) is 83.5 cm³/mol. The van der Waals surface area contributed by atoms with Gasteiger partial charge in [0.25, 0.3) is 0 Å². The van der Waals surface area contributed by atoms with Crippen molar-refractivity contribution in [2.45, 2.75) is 43.9 Å². The van der Waals surface area contributed by atoms with Crippen LogP contribution in [0, 0.1) is 0 Å². The normalized spacial score (nSPS) is 22.3. The van der Waals surface area contributed by atoms with Crippen LogP contribution in [0.25, 0.3) is 0 Å². The topological polar surface area (TPSA) is 61.8 Å². The molecule has 1 aliphatic heterocycles. The summed E-state index contributed by atoms with van der Waals surface area (Å²) in [5.74, 6) is 0. The maximum absolute atomic E-state index is 12.4. The molecule has 5 nitrogen and oxygen atoms in total. The molecule has 1 aromatic carbocycles. The monoisotopic (exact) mass is 304 g/mol. The summed E-state index contributed by atoms with van der Waals surface area (Å²) in [5, 5.41) is 13.3. The lowest BCUT2D eigenvalue weighted by Crippen LogP contribution is -2.45. The number of nitrogens with one attached hydrogen (secondary N) is 1. The Labute approximate surface area is 131 Å². The second kappa shape index (κ2) is 7.11. The SMILES string of the molecule is O=C(NC[C@@H]1CCCO1)N(C[C@H](O)c1ccccc1)C1CC1. The number of nitrogens with zero attached hydrogens (tertiary/aromatic N) is 1. The largest absolute Gasteiger partial charge is 0.387 e. The third kappa shape index (κ3) is 3.99. The predicted octanol–water partition coefficient (Wildman–Crippen LogP) is 2.07. The van der Waals surface area contributed by atoms with E-state index in [1.54, 1.807) is 4.90 Å². The number of urea groups is 1. The summed E-state index contributed by atoms with van der Waals surface area (Å²) in [6.07, 6.45) is 3.62. The summed E-state index contributed by atoms with van der Waals surface area (Å²) in [6, 6.07) is 9.67. The fourth-order valence-corrected chi connectivity index (χ4v) is 2.86. The van der Waals surface area contributed by atoms with E-state index >= 15 is 0 Å². The van der Waals surface area contributed by atoms with Crippen LogP contribution in [0.2, 0.25) is 0 Å². The maximum atomic E-state index is 12.4. The number of aliphatic hydroxyl groups is 1. The second-order valence-electron chi connectivity index (χ2n) is 6.13. The number of hydrogen-bond acceptors (Lipinski definition) is 3. The minimum Gasteiger partial charge on any atom is -0.387 e. The fraction of sp³-hybridized carbons (Fsp3) is 0.588. The molecule has 1 heterocycles. The zero-order valence-corrected chi connectivity index (χ0v) is 12.8. The Bertz CT molecular complexity index is 484. The number of amides is 2. The fourth-order valence-electron chi connectivity index (χ4n) is 2.86. The van der Waals surface area contributed by atoms with Crippen LogP contribution >= 0.6 is 0 Å². The lowest BCUT2D eigenvalue weighted by molar-refractivity contribution is 0.100. The highest BCUT2D eigenvalue weighted by molar-refractivity contribution is 5.75. The number of hydrogen-bond donors (Lipinski definition) is 2. The van der Waals surface area contributed by atoms with Gasteiger partial charge in [-0.2, -0.15) is 0 Å². The van der Waals surface area contributed by atoms with Gasteiger partial charge in [0.15, 0.2) is 0 Å². The van der Waals surface area contributed by atoms with Crippen LogP contribution in [0.4, 0.5) is 4.79 Å². The summed E-state index contributed by atoms with van der Waals surface area (Å²) in [4.78, 5) is 14.2. The average Bonchev–Trinajstić information content (AvgIpc) is 3.26. The highest BCUT2D eigenvalue weighted by Gasteiger charge is 2.34. The first-order chi connectivity index (χ1) is 10.7. The molecule has 0 spiro atoms. The van der Waals surface area contributed by atoms with Crippen LogP contribution in [0.15, 0.2) is 30.3 Å². The van der Waals surface area contributed by atoms with Gasteiger partial charge in [0.2, 0.25) is 0 Å². The molecular formula is C17H24N2O3. The van der Waals surface area contributed by atoms with Gasteiger partial charge in [0.05, 0.1) is 18.8 Å². The molecule has 0 unspecified atom stereocenters. The standard InChI is InChI=1S/C17H24N2O3/c20-16(13-5-2-1-3-6-13)12-19(14-8-9-14)17(21)18-11-15-7-4-10-22-15/h1-3,5-6,14-16,20H,4,7-12H2,(H,18,21)/t15-,16-/m0/s1. The maximum Gasteiger partial charge on any atom is 0.317 e. The number of ether oxygens (including phenoxy) is 1. The van der Waals surface area contributed by atoms with Gasteiger partial charge in [-0.15, -0.1) is 0 Å². The summed E-state index contributed by atoms with van der Waals surface area (Å²) < 4.78 is 5.53. The van der Waals surface area contributed by atoms with Crippen LogP contribution in [0.3, 0.4) is 0 Å². The van der Waals surface area contributed by atoms with Crippen molar-refractivity contribution in [1.82, 2.24) is 10.2 Å². The van der Waals surface area contributed by atoms with Gasteiger partial charge in [-0.1, -0.05) is 30.3 Å². The Morgan fingerprint density at radius 1 is 1.32 bits per heavy atom. The van der Waals surface area contributed by atoms with Gasteiger partial charge in [-0.25, -0.2) is 4.79 Å². The van der Waals surface area contributed by atoms with E-state index in [0.717, 1.165) is 37.9 Å². The van der Waals surface area contributed by atoms with E-state index in [9.17, 15) is 9.90 Å². The molecular weight excluding hydrogens is 280 g/mol. The molecule has 2 fully saturated rings. The van der Waals surface area contributed by atoms with Crippen molar-refractivity contribution in [1.29, 1.82) is 0 Å². The van der Waals surface area contributed by atoms with Crippen molar-refractivity contribution in [2.75, 3.05) is 19.7 Å². The van der Waals surface area contributed by atoms with Gasteiger partial charge in [0, 0.05) is 19.2 Å². The van der Waals surface area contributed by atoms with Crippen molar-refractivity contribution in [2.24, 2.45) is 0 Å². The molecule has 1 saturated carbocycles. The molecule has 1 saturated heterocycles. The van der Waals surface area contributed by atoms with E-state index in [-0.39, 0.29) is 18.2 Å². The Morgan fingerprint density at radius 2 is 2.09 bits per heavy atom. The molecule has 2 atom stereocenters. The first kappa shape index (κ1) is 15.3. The molecule has 0 aromatic heterocycles. The Kier molecular flexibility index (Phi) is 4.95. The van der Waals surface area contributed by atoms with Crippen molar-refractivity contribution >= 4 is 6.03 Å². The minimum atomic E-state index is -0.643. The molecule has 22 heavy (non-hydrogen) atoms. The molecule has 3 rings (SSSR count). The Morgan fingerprint density at radius 3 is 2.73 bits per heavy atom. The summed E-state index contributed by atoms with van der Waals surface area (Å²) in [6.45, 7) is 1.69. The molecule has 0 radical (unpaired) electrons. The van der Waals surface area contributed by atoms with Crippen LogP contribution in [0.5, 0.6) is 0 Å². The first-order valence-electron chi connectivity index (χ1n) is 8.13. The molecule has 120 valence electrons. The third-order valence-corrected chi connectivity index (χ3v) is 4.31. The number of rotatable bonds is 6. The van der Waals surface area contributed by atoms with Crippen LogP contribution in [-0.4, -0.2) is 47.9 Å². The molecule has 2 amide bonds.